The van der Waals surface area contributed by atoms with Crippen LogP contribution < -0.4 is 4.74 Å². The molecule has 8 heteroatoms. The van der Waals surface area contributed by atoms with Crippen LogP contribution in [0.5, 0.6) is 5.75 Å². The predicted octanol–water partition coefficient (Wildman–Crippen LogP) is 8.61. The molecule has 0 spiro atoms. The van der Waals surface area contributed by atoms with Crippen molar-refractivity contribution in [2.24, 2.45) is 5.92 Å². The number of thiocarbonyl (C=S) groups is 1. The first kappa shape index (κ1) is 28.4. The third-order valence-electron chi connectivity index (χ3n) is 7.68. The second-order valence-corrected chi connectivity index (χ2v) is 11.3. The van der Waals surface area contributed by atoms with Gasteiger partial charge in [0.1, 0.15) is 17.7 Å². The molecule has 0 saturated carbocycles. The average molecular weight is 550 g/mol. The molecule has 3 nitrogen and oxygen atoms in total. The molecule has 0 radical (unpaired) electrons. The Labute approximate surface area is 227 Å². The lowest BCUT2D eigenvalue weighted by molar-refractivity contribution is -0.137. The van der Waals surface area contributed by atoms with Gasteiger partial charge in [-0.1, -0.05) is 32.4 Å². The summed E-state index contributed by atoms with van der Waals surface area (Å²) in [7, 11) is 1.55. The summed E-state index contributed by atoms with van der Waals surface area (Å²) in [5, 5.41) is 0.275. The molecular weight excluding hydrogens is 514 g/mol. The number of aryl methyl sites for hydroxylation is 1. The smallest absolute Gasteiger partial charge is 0.416 e. The molecule has 1 heterocycles. The zero-order valence-corrected chi connectivity index (χ0v) is 23.5. The van der Waals surface area contributed by atoms with Crippen LogP contribution in [0.1, 0.15) is 86.8 Å². The quantitative estimate of drug-likeness (QED) is 0.266. The third-order valence-corrected chi connectivity index (χ3v) is 8.01. The van der Waals surface area contributed by atoms with E-state index in [9.17, 15) is 17.6 Å². The summed E-state index contributed by atoms with van der Waals surface area (Å²) in [6, 6.07) is 7.13. The summed E-state index contributed by atoms with van der Waals surface area (Å²) in [5.41, 5.74) is 4.11. The van der Waals surface area contributed by atoms with Gasteiger partial charge in [-0.05, 0) is 97.6 Å². The highest BCUT2D eigenvalue weighted by atomic mass is 32.1. The van der Waals surface area contributed by atoms with Gasteiger partial charge in [0.25, 0.3) is 5.17 Å². The maximum Gasteiger partial charge on any atom is 0.416 e. The van der Waals surface area contributed by atoms with E-state index in [2.05, 4.69) is 6.92 Å². The highest BCUT2D eigenvalue weighted by Gasteiger charge is 2.40. The van der Waals surface area contributed by atoms with Crippen molar-refractivity contribution < 1.29 is 27.0 Å². The number of halogens is 4. The van der Waals surface area contributed by atoms with E-state index in [4.69, 9.17) is 21.7 Å². The van der Waals surface area contributed by atoms with Gasteiger partial charge in [0.2, 0.25) is 0 Å². The van der Waals surface area contributed by atoms with Crippen molar-refractivity contribution in [3.63, 3.8) is 0 Å². The van der Waals surface area contributed by atoms with Crippen molar-refractivity contribution in [1.82, 2.24) is 4.90 Å². The van der Waals surface area contributed by atoms with Crippen molar-refractivity contribution in [3.05, 3.63) is 69.5 Å². The van der Waals surface area contributed by atoms with E-state index in [1.165, 1.54) is 11.6 Å². The SMILES string of the molecule is COc1cc(F)c(C(C)C)cc1C1=C(CN2C(=S)O[C@H](c3cc(C)cc(C(F)(F)F)c3)[C@@H]2C)CC(C)CC1. The molecule has 1 fully saturated rings. The fourth-order valence-electron chi connectivity index (χ4n) is 5.62. The topological polar surface area (TPSA) is 21.7 Å². The average Bonchev–Trinajstić information content (AvgIpc) is 3.11. The zero-order chi connectivity index (χ0) is 27.9. The maximum absolute atomic E-state index is 14.8. The first-order chi connectivity index (χ1) is 17.8. The first-order valence-electron chi connectivity index (χ1n) is 13.0. The molecular formula is C30H35F4NO2S. The normalized spacial score (nSPS) is 22.3. The van der Waals surface area contributed by atoms with Crippen LogP contribution in [0.4, 0.5) is 17.6 Å². The fraction of sp³-hybridized carbons (Fsp3) is 0.500. The monoisotopic (exact) mass is 549 g/mol. The van der Waals surface area contributed by atoms with Crippen LogP contribution in [-0.2, 0) is 10.9 Å². The molecule has 1 aliphatic heterocycles. The standard InChI is InChI=1S/C30H35F4NO2S/c1-16(2)24-13-25(27(36-6)14-26(24)31)23-8-7-17(3)9-21(23)15-35-19(5)28(37-29(35)38)20-10-18(4)11-22(12-20)30(32,33)34/h10-14,16-17,19,28H,7-9,15H2,1-6H3/t17?,19-,28-/m0/s1. The van der Waals surface area contributed by atoms with E-state index in [-0.39, 0.29) is 23.0 Å². The van der Waals surface area contributed by atoms with Crippen LogP contribution in [0.2, 0.25) is 0 Å². The molecule has 4 rings (SSSR count). The van der Waals surface area contributed by atoms with Crippen LogP contribution in [0.15, 0.2) is 35.9 Å². The summed E-state index contributed by atoms with van der Waals surface area (Å²) in [6.07, 6.45) is -2.39. The molecule has 0 aromatic heterocycles. The first-order valence-corrected chi connectivity index (χ1v) is 13.5. The van der Waals surface area contributed by atoms with E-state index in [1.54, 1.807) is 20.1 Å². The van der Waals surface area contributed by atoms with Crippen molar-refractivity contribution in [2.75, 3.05) is 13.7 Å². The van der Waals surface area contributed by atoms with Crippen LogP contribution in [0.25, 0.3) is 5.57 Å². The molecule has 1 saturated heterocycles. The van der Waals surface area contributed by atoms with Gasteiger partial charge in [-0.25, -0.2) is 4.39 Å². The van der Waals surface area contributed by atoms with E-state index >= 15 is 0 Å². The molecule has 3 atom stereocenters. The second kappa shape index (κ2) is 10.9. The van der Waals surface area contributed by atoms with Gasteiger partial charge in [0, 0.05) is 18.2 Å². The number of ether oxygens (including phenoxy) is 2. The lowest BCUT2D eigenvalue weighted by Crippen LogP contribution is -2.34. The number of hydrogen-bond donors (Lipinski definition) is 0. The third kappa shape index (κ3) is 5.70. The van der Waals surface area contributed by atoms with Crippen molar-refractivity contribution in [1.29, 1.82) is 0 Å². The van der Waals surface area contributed by atoms with Gasteiger partial charge in [-0.15, -0.1) is 0 Å². The van der Waals surface area contributed by atoms with E-state index in [0.717, 1.165) is 42.5 Å². The van der Waals surface area contributed by atoms with Crippen LogP contribution in [0, 0.1) is 18.7 Å². The van der Waals surface area contributed by atoms with E-state index in [1.807, 2.05) is 31.7 Å². The number of allylic oxidation sites excluding steroid dienone is 1. The highest BCUT2D eigenvalue weighted by Crippen LogP contribution is 2.43. The minimum absolute atomic E-state index is 0.0162. The molecule has 1 unspecified atom stereocenters. The molecule has 0 N–H and O–H groups in total. The molecule has 38 heavy (non-hydrogen) atoms. The number of alkyl halides is 3. The van der Waals surface area contributed by atoms with Gasteiger partial charge in [0.15, 0.2) is 0 Å². The Morgan fingerprint density at radius 2 is 1.84 bits per heavy atom. The van der Waals surface area contributed by atoms with Crippen molar-refractivity contribution in [3.8, 4) is 5.75 Å². The Morgan fingerprint density at radius 3 is 2.47 bits per heavy atom. The molecule has 2 aliphatic rings. The van der Waals surface area contributed by atoms with Gasteiger partial charge in [-0.2, -0.15) is 13.2 Å². The van der Waals surface area contributed by atoms with Crippen LogP contribution >= 0.6 is 12.2 Å². The number of rotatable bonds is 6. The summed E-state index contributed by atoms with van der Waals surface area (Å²) in [4.78, 5) is 1.96. The van der Waals surface area contributed by atoms with E-state index < -0.39 is 17.8 Å². The molecule has 2 aromatic rings. The molecule has 206 valence electrons. The summed E-state index contributed by atoms with van der Waals surface area (Å²) in [5.74, 6) is 0.690. The Bertz CT molecular complexity index is 1250. The van der Waals surface area contributed by atoms with Gasteiger partial charge in [-0.3, -0.25) is 0 Å². The second-order valence-electron chi connectivity index (χ2n) is 11.0. The Kier molecular flexibility index (Phi) is 8.12. The molecule has 1 aliphatic carbocycles. The lowest BCUT2D eigenvalue weighted by Gasteiger charge is -2.31. The Balaban J connectivity index is 1.71. The molecule has 2 aromatic carbocycles. The summed E-state index contributed by atoms with van der Waals surface area (Å²) >= 11 is 5.59. The largest absolute Gasteiger partial charge is 0.496 e. The number of hydrogen-bond acceptors (Lipinski definition) is 3. The highest BCUT2D eigenvalue weighted by molar-refractivity contribution is 7.80. The Hall–Kier alpha value is -2.61. The van der Waals surface area contributed by atoms with Crippen LogP contribution in [0.3, 0.4) is 0 Å². The number of nitrogens with zero attached hydrogens (tertiary/aromatic N) is 1. The van der Waals surface area contributed by atoms with Crippen molar-refractivity contribution in [2.45, 2.75) is 78.1 Å². The van der Waals surface area contributed by atoms with Crippen molar-refractivity contribution >= 4 is 23.0 Å². The molecule has 0 amide bonds. The maximum atomic E-state index is 14.8. The molecule has 0 bridgehead atoms. The minimum atomic E-state index is -4.44. The van der Waals surface area contributed by atoms with Gasteiger partial charge < -0.3 is 14.4 Å². The zero-order valence-electron chi connectivity index (χ0n) is 22.7. The predicted molar refractivity (Wildman–Crippen MR) is 146 cm³/mol. The lowest BCUT2D eigenvalue weighted by atomic mass is 9.80. The fourth-order valence-corrected chi connectivity index (χ4v) is 5.96. The van der Waals surface area contributed by atoms with Crippen LogP contribution in [-0.4, -0.2) is 29.8 Å². The summed E-state index contributed by atoms with van der Waals surface area (Å²) in [6.45, 7) is 10.2. The summed E-state index contributed by atoms with van der Waals surface area (Å²) < 4.78 is 66.8. The minimum Gasteiger partial charge on any atom is -0.496 e. The van der Waals surface area contributed by atoms with Gasteiger partial charge in [0.05, 0.1) is 18.7 Å². The Morgan fingerprint density at radius 1 is 1.13 bits per heavy atom. The number of benzene rings is 2. The van der Waals surface area contributed by atoms with Gasteiger partial charge >= 0.3 is 6.18 Å². The number of methoxy groups -OCH3 is 1. The van der Waals surface area contributed by atoms with E-state index in [0.29, 0.717) is 34.9 Å².